The maximum atomic E-state index is 9.01. The molecule has 2 aliphatic rings. The molecular weight excluding hydrogens is 388 g/mol. The lowest BCUT2D eigenvalue weighted by atomic mass is 10.1. The van der Waals surface area contributed by atoms with Crippen molar-refractivity contribution in [2.45, 2.75) is 19.1 Å². The number of piperazine rings is 1. The third kappa shape index (κ3) is 7.36. The van der Waals surface area contributed by atoms with Crippen LogP contribution in [0.4, 0.5) is 5.69 Å². The smallest absolute Gasteiger partial charge is 0.101 e. The molecule has 2 saturated heterocycles. The second kappa shape index (κ2) is 13.3. The first-order chi connectivity index (χ1) is 14.7. The Morgan fingerprint density at radius 2 is 1.47 bits per heavy atom. The van der Waals surface area contributed by atoms with Crippen LogP contribution in [0.1, 0.15) is 30.2 Å². The third-order valence-corrected chi connectivity index (χ3v) is 6.55. The lowest BCUT2D eigenvalue weighted by molar-refractivity contribution is 0.313. The molecule has 0 amide bonds. The highest BCUT2D eigenvalue weighted by Gasteiger charge is 2.18. The molecule has 2 heterocycles. The van der Waals surface area contributed by atoms with Crippen molar-refractivity contribution in [3.05, 3.63) is 65.7 Å². The molecule has 1 unspecified atom stereocenters. The second-order valence-electron chi connectivity index (χ2n) is 7.45. The first-order valence-corrected chi connectivity index (χ1v) is 12.0. The van der Waals surface area contributed by atoms with Crippen molar-refractivity contribution in [1.29, 1.82) is 5.26 Å². The van der Waals surface area contributed by atoms with Gasteiger partial charge in [-0.3, -0.25) is 0 Å². The minimum atomic E-state index is 0.681. The number of anilines is 1. The Balaban J connectivity index is 0.000000199. The van der Waals surface area contributed by atoms with Crippen LogP contribution in [0.2, 0.25) is 0 Å². The quantitative estimate of drug-likeness (QED) is 0.695. The number of likely N-dealkylation sites (N-methyl/N-ethyl adjacent to an activating group) is 2. The molecule has 2 fully saturated rings. The van der Waals surface area contributed by atoms with Gasteiger partial charge in [0.1, 0.15) is 6.07 Å². The van der Waals surface area contributed by atoms with Gasteiger partial charge in [0.05, 0.1) is 11.3 Å². The highest BCUT2D eigenvalue weighted by Crippen LogP contribution is 2.32. The van der Waals surface area contributed by atoms with E-state index in [0.717, 1.165) is 37.4 Å². The SMILES string of the molecule is CC.CN1CCN(c2ccccc2C#N)CC1.CN1CCSC(c2ccccc2)C1. The van der Waals surface area contributed by atoms with Gasteiger partial charge in [-0.15, -0.1) is 0 Å². The van der Waals surface area contributed by atoms with E-state index in [2.05, 4.69) is 77.0 Å². The Labute approximate surface area is 187 Å². The molecule has 0 N–H and O–H groups in total. The number of nitrogens with zero attached hydrogens (tertiary/aromatic N) is 4. The van der Waals surface area contributed by atoms with Crippen LogP contribution >= 0.6 is 11.8 Å². The summed E-state index contributed by atoms with van der Waals surface area (Å²) in [6.07, 6.45) is 0. The van der Waals surface area contributed by atoms with Gasteiger partial charge in [-0.05, 0) is 31.8 Å². The molecule has 2 aromatic rings. The third-order valence-electron chi connectivity index (χ3n) is 5.31. The van der Waals surface area contributed by atoms with E-state index in [9.17, 15) is 0 Å². The average molecular weight is 425 g/mol. The molecule has 1 atom stereocenters. The van der Waals surface area contributed by atoms with Crippen LogP contribution in [0, 0.1) is 11.3 Å². The van der Waals surface area contributed by atoms with Crippen molar-refractivity contribution < 1.29 is 0 Å². The number of hydrogen-bond acceptors (Lipinski definition) is 5. The summed E-state index contributed by atoms with van der Waals surface area (Å²) in [7, 11) is 4.34. The zero-order valence-electron chi connectivity index (χ0n) is 18.9. The van der Waals surface area contributed by atoms with Crippen molar-refractivity contribution in [3.63, 3.8) is 0 Å². The van der Waals surface area contributed by atoms with Crippen molar-refractivity contribution in [2.75, 3.05) is 64.0 Å². The monoisotopic (exact) mass is 424 g/mol. The number of benzene rings is 2. The van der Waals surface area contributed by atoms with Crippen LogP contribution in [0.3, 0.4) is 0 Å². The number of thioether (sulfide) groups is 1. The topological polar surface area (TPSA) is 33.5 Å². The highest BCUT2D eigenvalue weighted by atomic mass is 32.2. The zero-order valence-corrected chi connectivity index (χ0v) is 19.7. The Bertz CT molecular complexity index is 766. The van der Waals surface area contributed by atoms with Gasteiger partial charge in [0, 0.05) is 50.3 Å². The van der Waals surface area contributed by atoms with Gasteiger partial charge in [0.25, 0.3) is 0 Å². The fourth-order valence-corrected chi connectivity index (χ4v) is 4.95. The van der Waals surface area contributed by atoms with Gasteiger partial charge in [0.15, 0.2) is 0 Å². The molecule has 162 valence electrons. The molecule has 30 heavy (non-hydrogen) atoms. The Kier molecular flexibility index (Phi) is 10.8. The molecule has 0 radical (unpaired) electrons. The first-order valence-electron chi connectivity index (χ1n) is 10.9. The maximum Gasteiger partial charge on any atom is 0.101 e. The summed E-state index contributed by atoms with van der Waals surface area (Å²) < 4.78 is 0. The van der Waals surface area contributed by atoms with Crippen LogP contribution in [-0.2, 0) is 0 Å². The van der Waals surface area contributed by atoms with Gasteiger partial charge < -0.3 is 14.7 Å². The Morgan fingerprint density at radius 3 is 2.10 bits per heavy atom. The van der Waals surface area contributed by atoms with E-state index < -0.39 is 0 Å². The number of rotatable bonds is 2. The molecule has 2 aromatic carbocycles. The van der Waals surface area contributed by atoms with E-state index in [1.807, 2.05) is 38.1 Å². The second-order valence-corrected chi connectivity index (χ2v) is 8.76. The molecule has 5 heteroatoms. The van der Waals surface area contributed by atoms with E-state index in [1.165, 1.54) is 24.4 Å². The predicted molar refractivity (Wildman–Crippen MR) is 131 cm³/mol. The number of hydrogen-bond donors (Lipinski definition) is 0. The molecule has 0 bridgehead atoms. The van der Waals surface area contributed by atoms with Crippen molar-refractivity contribution in [1.82, 2.24) is 9.80 Å². The lowest BCUT2D eigenvalue weighted by Crippen LogP contribution is -2.44. The highest BCUT2D eigenvalue weighted by molar-refractivity contribution is 7.99. The van der Waals surface area contributed by atoms with Crippen LogP contribution in [-0.4, -0.2) is 68.9 Å². The predicted octanol–water partition coefficient (Wildman–Crippen LogP) is 4.74. The van der Waals surface area contributed by atoms with Gasteiger partial charge in [0.2, 0.25) is 0 Å². The zero-order chi connectivity index (χ0) is 21.8. The molecule has 0 aliphatic carbocycles. The standard InChI is InChI=1S/C12H15N3.C11H15NS.C2H6/c1-14-6-8-15(9-7-14)12-5-3-2-4-11(12)10-13;1-12-7-8-13-11(9-12)10-5-3-2-4-6-10;1-2/h2-5H,6-9H2,1H3;2-6,11H,7-9H2,1H3;1-2H3. The summed E-state index contributed by atoms with van der Waals surface area (Å²) in [6, 6.07) is 20.9. The first kappa shape index (κ1) is 24.3. The summed E-state index contributed by atoms with van der Waals surface area (Å²) in [5.74, 6) is 1.26. The molecule has 4 rings (SSSR count). The van der Waals surface area contributed by atoms with E-state index in [-0.39, 0.29) is 0 Å². The van der Waals surface area contributed by atoms with Crippen molar-refractivity contribution >= 4 is 17.4 Å². The van der Waals surface area contributed by atoms with E-state index in [4.69, 9.17) is 5.26 Å². The van der Waals surface area contributed by atoms with Crippen LogP contribution in [0.15, 0.2) is 54.6 Å². The van der Waals surface area contributed by atoms with Gasteiger partial charge >= 0.3 is 0 Å². The number of nitriles is 1. The van der Waals surface area contributed by atoms with Crippen LogP contribution < -0.4 is 4.90 Å². The lowest BCUT2D eigenvalue weighted by Gasteiger charge is -2.34. The largest absolute Gasteiger partial charge is 0.368 e. The molecule has 4 nitrogen and oxygen atoms in total. The Hall–Kier alpha value is -2.00. The van der Waals surface area contributed by atoms with Crippen LogP contribution in [0.5, 0.6) is 0 Å². The fraction of sp³-hybridized carbons (Fsp3) is 0.480. The molecular formula is C25H36N4S. The van der Waals surface area contributed by atoms with Gasteiger partial charge in [-0.25, -0.2) is 0 Å². The van der Waals surface area contributed by atoms with Crippen molar-refractivity contribution in [2.24, 2.45) is 0 Å². The van der Waals surface area contributed by atoms with E-state index >= 15 is 0 Å². The molecule has 0 saturated carbocycles. The molecule has 0 spiro atoms. The normalized spacial score (nSPS) is 19.6. The number of para-hydroxylation sites is 1. The summed E-state index contributed by atoms with van der Waals surface area (Å²) in [6.45, 7) is 10.6. The van der Waals surface area contributed by atoms with Crippen LogP contribution in [0.25, 0.3) is 0 Å². The average Bonchev–Trinajstić information content (AvgIpc) is 2.82. The summed E-state index contributed by atoms with van der Waals surface area (Å²) >= 11 is 2.08. The summed E-state index contributed by atoms with van der Waals surface area (Å²) in [5.41, 5.74) is 3.33. The van der Waals surface area contributed by atoms with Gasteiger partial charge in [-0.2, -0.15) is 17.0 Å². The molecule has 2 aliphatic heterocycles. The Morgan fingerprint density at radius 1 is 0.833 bits per heavy atom. The fourth-order valence-electron chi connectivity index (χ4n) is 3.54. The minimum absolute atomic E-state index is 0.681. The van der Waals surface area contributed by atoms with Crippen molar-refractivity contribution in [3.8, 4) is 6.07 Å². The van der Waals surface area contributed by atoms with E-state index in [1.54, 1.807) is 0 Å². The molecule has 0 aromatic heterocycles. The summed E-state index contributed by atoms with van der Waals surface area (Å²) in [5, 5.41) is 9.69. The van der Waals surface area contributed by atoms with E-state index in [0.29, 0.717) is 5.25 Å². The maximum absolute atomic E-state index is 9.01. The summed E-state index contributed by atoms with van der Waals surface area (Å²) in [4.78, 5) is 7.01. The van der Waals surface area contributed by atoms with Gasteiger partial charge in [-0.1, -0.05) is 56.3 Å². The minimum Gasteiger partial charge on any atom is -0.368 e.